The monoisotopic (exact) mass is 284 g/mol. The number of aryl methyl sites for hydroxylation is 2. The van der Waals surface area contributed by atoms with Crippen LogP contribution in [0.4, 0.5) is 5.69 Å². The highest BCUT2D eigenvalue weighted by atomic mass is 32.2. The normalized spacial score (nSPS) is 10.7. The first kappa shape index (κ1) is 15.9. The van der Waals surface area contributed by atoms with Crippen LogP contribution in [-0.4, -0.2) is 34.2 Å². The fourth-order valence-corrected chi connectivity index (χ4v) is 2.45. The van der Waals surface area contributed by atoms with Gasteiger partial charge in [-0.25, -0.2) is 0 Å². The number of carbonyl (C=O) groups excluding carboxylic acids is 1. The summed E-state index contributed by atoms with van der Waals surface area (Å²) >= 11 is 1.86. The molecule has 0 spiro atoms. The van der Waals surface area contributed by atoms with E-state index in [1.165, 1.54) is 12.2 Å². The Morgan fingerprint density at radius 3 is 2.74 bits per heavy atom. The summed E-state index contributed by atoms with van der Waals surface area (Å²) in [5.74, 6) is 1.06. The van der Waals surface area contributed by atoms with Crippen LogP contribution < -0.4 is 11.1 Å². The number of thioether (sulfide) groups is 1. The number of unbranched alkanes of at least 4 members (excludes halogenated alkanes) is 2. The molecule has 1 aromatic rings. The Morgan fingerprint density at radius 1 is 1.42 bits per heavy atom. The smallest absolute Gasteiger partial charge is 0.271 e. The minimum absolute atomic E-state index is 0.128. The molecule has 3 N–H and O–H groups in total. The molecule has 1 heterocycles. The van der Waals surface area contributed by atoms with Crippen molar-refractivity contribution >= 4 is 23.4 Å². The minimum atomic E-state index is -0.128. The number of rotatable bonds is 8. The molecular formula is C13H24N4OS. The SMILES string of the molecule is CCc1nn(C)c(C(=O)NCCCCCSC)c1N. The number of nitrogens with one attached hydrogen (secondary N) is 1. The van der Waals surface area contributed by atoms with Gasteiger partial charge in [-0.05, 0) is 31.3 Å². The summed E-state index contributed by atoms with van der Waals surface area (Å²) in [5, 5.41) is 7.15. The zero-order valence-electron chi connectivity index (χ0n) is 12.0. The molecule has 19 heavy (non-hydrogen) atoms. The van der Waals surface area contributed by atoms with Gasteiger partial charge in [-0.2, -0.15) is 16.9 Å². The average molecular weight is 284 g/mol. The van der Waals surface area contributed by atoms with Crippen LogP contribution in [0.15, 0.2) is 0 Å². The van der Waals surface area contributed by atoms with E-state index in [-0.39, 0.29) is 5.91 Å². The van der Waals surface area contributed by atoms with Crippen LogP contribution in [0.5, 0.6) is 0 Å². The van der Waals surface area contributed by atoms with Crippen molar-refractivity contribution in [3.63, 3.8) is 0 Å². The molecule has 1 rings (SSSR count). The summed E-state index contributed by atoms with van der Waals surface area (Å²) in [5.41, 5.74) is 7.70. The lowest BCUT2D eigenvalue weighted by molar-refractivity contribution is 0.0944. The first-order chi connectivity index (χ1) is 9.11. The van der Waals surface area contributed by atoms with Gasteiger partial charge in [0.1, 0.15) is 5.69 Å². The highest BCUT2D eigenvalue weighted by molar-refractivity contribution is 7.98. The van der Waals surface area contributed by atoms with Gasteiger partial charge in [0.25, 0.3) is 5.91 Å². The second-order valence-electron chi connectivity index (χ2n) is 4.50. The highest BCUT2D eigenvalue weighted by Crippen LogP contribution is 2.16. The zero-order chi connectivity index (χ0) is 14.3. The van der Waals surface area contributed by atoms with Crippen molar-refractivity contribution in [1.29, 1.82) is 0 Å². The molecule has 1 aromatic heterocycles. The van der Waals surface area contributed by atoms with E-state index in [1.54, 1.807) is 11.7 Å². The molecule has 0 radical (unpaired) electrons. The van der Waals surface area contributed by atoms with Crippen molar-refractivity contribution in [1.82, 2.24) is 15.1 Å². The molecule has 5 nitrogen and oxygen atoms in total. The van der Waals surface area contributed by atoms with Gasteiger partial charge in [-0.15, -0.1) is 0 Å². The standard InChI is InChI=1S/C13H24N4OS/c1-4-10-11(14)12(17(2)16-10)13(18)15-8-6-5-7-9-19-3/h4-9,14H2,1-3H3,(H,15,18). The Labute approximate surface area is 119 Å². The largest absolute Gasteiger partial charge is 0.395 e. The molecule has 0 aliphatic rings. The molecule has 0 aliphatic heterocycles. The van der Waals surface area contributed by atoms with E-state index in [1.807, 2.05) is 18.7 Å². The fourth-order valence-electron chi connectivity index (χ4n) is 1.96. The van der Waals surface area contributed by atoms with Gasteiger partial charge in [0.15, 0.2) is 0 Å². The van der Waals surface area contributed by atoms with Crippen LogP contribution in [-0.2, 0) is 13.5 Å². The zero-order valence-corrected chi connectivity index (χ0v) is 12.8. The van der Waals surface area contributed by atoms with E-state index in [9.17, 15) is 4.79 Å². The number of anilines is 1. The van der Waals surface area contributed by atoms with Crippen molar-refractivity contribution in [3.05, 3.63) is 11.4 Å². The quantitative estimate of drug-likeness (QED) is 0.714. The van der Waals surface area contributed by atoms with Crippen LogP contribution in [0.1, 0.15) is 42.4 Å². The second-order valence-corrected chi connectivity index (χ2v) is 5.48. The topological polar surface area (TPSA) is 72.9 Å². The van der Waals surface area contributed by atoms with Crippen LogP contribution in [0.25, 0.3) is 0 Å². The summed E-state index contributed by atoms with van der Waals surface area (Å²) in [7, 11) is 1.75. The van der Waals surface area contributed by atoms with Gasteiger partial charge in [0.05, 0.1) is 11.4 Å². The lowest BCUT2D eigenvalue weighted by Gasteiger charge is -2.06. The van der Waals surface area contributed by atoms with Gasteiger partial charge in [-0.1, -0.05) is 13.3 Å². The summed E-state index contributed by atoms with van der Waals surface area (Å²) in [4.78, 5) is 12.0. The number of nitrogens with zero attached hydrogens (tertiary/aromatic N) is 2. The van der Waals surface area contributed by atoms with Gasteiger partial charge < -0.3 is 11.1 Å². The van der Waals surface area contributed by atoms with E-state index >= 15 is 0 Å². The number of carbonyl (C=O) groups is 1. The van der Waals surface area contributed by atoms with E-state index in [0.29, 0.717) is 17.9 Å². The Hall–Kier alpha value is -1.17. The van der Waals surface area contributed by atoms with E-state index in [0.717, 1.165) is 25.0 Å². The van der Waals surface area contributed by atoms with Gasteiger partial charge in [0, 0.05) is 13.6 Å². The third-order valence-electron chi connectivity index (χ3n) is 3.02. The maximum Gasteiger partial charge on any atom is 0.271 e. The van der Waals surface area contributed by atoms with Gasteiger partial charge >= 0.3 is 0 Å². The third-order valence-corrected chi connectivity index (χ3v) is 3.72. The molecule has 0 aliphatic carbocycles. The predicted octanol–water partition coefficient (Wildman–Crippen LogP) is 1.83. The molecule has 0 bridgehead atoms. The summed E-state index contributed by atoms with van der Waals surface area (Å²) < 4.78 is 1.57. The maximum atomic E-state index is 12.0. The molecule has 1 amide bonds. The molecule has 0 saturated carbocycles. The molecule has 0 saturated heterocycles. The summed E-state index contributed by atoms with van der Waals surface area (Å²) in [6.45, 7) is 2.67. The third kappa shape index (κ3) is 4.45. The van der Waals surface area contributed by atoms with Crippen molar-refractivity contribution in [2.75, 3.05) is 24.3 Å². The van der Waals surface area contributed by atoms with E-state index < -0.39 is 0 Å². The molecule has 0 atom stereocenters. The predicted molar refractivity (Wildman–Crippen MR) is 81.6 cm³/mol. The highest BCUT2D eigenvalue weighted by Gasteiger charge is 2.18. The molecule has 0 unspecified atom stereocenters. The first-order valence-corrected chi connectivity index (χ1v) is 8.09. The number of nitrogen functional groups attached to an aromatic ring is 1. The van der Waals surface area contributed by atoms with Crippen molar-refractivity contribution in [2.24, 2.45) is 7.05 Å². The van der Waals surface area contributed by atoms with E-state index in [4.69, 9.17) is 5.73 Å². The fraction of sp³-hybridized carbons (Fsp3) is 0.692. The Bertz CT molecular complexity index is 417. The Balaban J connectivity index is 2.43. The number of nitrogens with two attached hydrogens (primary N) is 1. The average Bonchev–Trinajstić information content (AvgIpc) is 2.68. The molecule has 108 valence electrons. The lowest BCUT2D eigenvalue weighted by Crippen LogP contribution is -2.27. The molecule has 0 fully saturated rings. The summed E-state index contributed by atoms with van der Waals surface area (Å²) in [6.07, 6.45) is 6.19. The molecule has 0 aromatic carbocycles. The second kappa shape index (κ2) is 8.09. The lowest BCUT2D eigenvalue weighted by atomic mass is 10.2. The molecule has 6 heteroatoms. The maximum absolute atomic E-state index is 12.0. The van der Waals surface area contributed by atoms with Gasteiger partial charge in [-0.3, -0.25) is 9.48 Å². The van der Waals surface area contributed by atoms with Crippen molar-refractivity contribution < 1.29 is 4.79 Å². The number of aromatic nitrogens is 2. The molecular weight excluding hydrogens is 260 g/mol. The van der Waals surface area contributed by atoms with E-state index in [2.05, 4.69) is 16.7 Å². The Kier molecular flexibility index (Phi) is 6.77. The van der Waals surface area contributed by atoms with Gasteiger partial charge in [0.2, 0.25) is 0 Å². The Morgan fingerprint density at radius 2 is 2.16 bits per heavy atom. The number of amides is 1. The van der Waals surface area contributed by atoms with Crippen LogP contribution in [0.3, 0.4) is 0 Å². The van der Waals surface area contributed by atoms with Crippen LogP contribution in [0, 0.1) is 0 Å². The van der Waals surface area contributed by atoms with Crippen LogP contribution in [0.2, 0.25) is 0 Å². The number of hydrogen-bond donors (Lipinski definition) is 2. The summed E-state index contributed by atoms with van der Waals surface area (Å²) in [6, 6.07) is 0. The number of hydrogen-bond acceptors (Lipinski definition) is 4. The first-order valence-electron chi connectivity index (χ1n) is 6.70. The van der Waals surface area contributed by atoms with Crippen molar-refractivity contribution in [2.45, 2.75) is 32.6 Å². The minimum Gasteiger partial charge on any atom is -0.395 e. The van der Waals surface area contributed by atoms with Crippen molar-refractivity contribution in [3.8, 4) is 0 Å². The van der Waals surface area contributed by atoms with Crippen LogP contribution >= 0.6 is 11.8 Å².